The lowest BCUT2D eigenvalue weighted by atomic mass is 10.1. The number of hydrogen-bond donors (Lipinski definition) is 2. The van der Waals surface area contributed by atoms with Crippen LogP contribution < -0.4 is 11.1 Å². The normalized spacial score (nSPS) is 19.4. The first-order chi connectivity index (χ1) is 9.34. The Labute approximate surface area is 119 Å². The molecule has 0 aromatic heterocycles. The van der Waals surface area contributed by atoms with Crippen LogP contribution in [0.1, 0.15) is 22.3 Å². The van der Waals surface area contributed by atoms with Gasteiger partial charge in [0.2, 0.25) is 15.9 Å². The number of nitrogens with zero attached hydrogens (tertiary/aromatic N) is 1. The summed E-state index contributed by atoms with van der Waals surface area (Å²) in [5, 5.41) is 3.14. The molecule has 2 rings (SSSR count). The summed E-state index contributed by atoms with van der Waals surface area (Å²) in [4.78, 5) is 11.4. The van der Waals surface area contributed by atoms with Gasteiger partial charge in [-0.1, -0.05) is 6.07 Å². The minimum Gasteiger partial charge on any atom is -0.366 e. The summed E-state index contributed by atoms with van der Waals surface area (Å²) < 4.78 is 26.5. The fourth-order valence-electron chi connectivity index (χ4n) is 2.34. The fourth-order valence-corrected chi connectivity index (χ4v) is 3.75. The van der Waals surface area contributed by atoms with Crippen LogP contribution in [0.15, 0.2) is 23.1 Å². The van der Waals surface area contributed by atoms with Gasteiger partial charge in [-0.2, -0.15) is 4.31 Å². The van der Waals surface area contributed by atoms with Crippen LogP contribution in [0, 0.1) is 6.92 Å². The molecular formula is C13H19N3O3S. The highest BCUT2D eigenvalue weighted by molar-refractivity contribution is 7.89. The van der Waals surface area contributed by atoms with E-state index in [2.05, 4.69) is 5.32 Å². The van der Waals surface area contributed by atoms with Gasteiger partial charge < -0.3 is 11.1 Å². The Kier molecular flexibility index (Phi) is 4.12. The highest BCUT2D eigenvalue weighted by atomic mass is 32.2. The van der Waals surface area contributed by atoms with Crippen molar-refractivity contribution in [2.45, 2.75) is 24.3 Å². The van der Waals surface area contributed by atoms with Gasteiger partial charge in [0, 0.05) is 25.2 Å². The predicted molar refractivity (Wildman–Crippen MR) is 75.9 cm³/mol. The summed E-state index contributed by atoms with van der Waals surface area (Å²) in [6, 6.07) is 4.41. The fraction of sp³-hybridized carbons (Fsp3) is 0.462. The maximum atomic E-state index is 12.6. The van der Waals surface area contributed by atoms with Crippen LogP contribution in [-0.4, -0.2) is 44.8 Å². The average molecular weight is 297 g/mol. The van der Waals surface area contributed by atoms with Crippen LogP contribution in [0.25, 0.3) is 0 Å². The van der Waals surface area contributed by atoms with Gasteiger partial charge in [0.15, 0.2) is 0 Å². The molecule has 0 radical (unpaired) electrons. The van der Waals surface area contributed by atoms with Crippen molar-refractivity contribution in [1.29, 1.82) is 0 Å². The third kappa shape index (κ3) is 2.70. The number of primary amides is 1. The number of benzene rings is 1. The molecule has 1 amide bonds. The number of likely N-dealkylation sites (N-methyl/N-ethyl adjacent to an activating group) is 1. The highest BCUT2D eigenvalue weighted by Crippen LogP contribution is 2.21. The van der Waals surface area contributed by atoms with Crippen LogP contribution >= 0.6 is 0 Å². The number of nitrogens with two attached hydrogens (primary N) is 1. The van der Waals surface area contributed by atoms with E-state index in [-0.39, 0.29) is 16.5 Å². The molecule has 1 fully saturated rings. The van der Waals surface area contributed by atoms with E-state index in [1.54, 1.807) is 20.0 Å². The van der Waals surface area contributed by atoms with Crippen molar-refractivity contribution in [1.82, 2.24) is 9.62 Å². The molecule has 20 heavy (non-hydrogen) atoms. The minimum absolute atomic E-state index is 0.0571. The van der Waals surface area contributed by atoms with Gasteiger partial charge in [0.25, 0.3) is 0 Å². The molecule has 0 bridgehead atoms. The lowest BCUT2D eigenvalue weighted by Crippen LogP contribution is -2.38. The van der Waals surface area contributed by atoms with E-state index in [9.17, 15) is 13.2 Å². The highest BCUT2D eigenvalue weighted by Gasteiger charge is 2.30. The monoisotopic (exact) mass is 297 g/mol. The zero-order valence-electron chi connectivity index (χ0n) is 11.6. The number of sulfonamides is 1. The minimum atomic E-state index is -3.61. The Balaban J connectivity index is 2.38. The SMILES string of the molecule is Cc1ccc(S(=O)(=O)N(C)[C@@H]2CCNC2)cc1C(N)=O. The van der Waals surface area contributed by atoms with E-state index in [0.29, 0.717) is 12.1 Å². The zero-order valence-corrected chi connectivity index (χ0v) is 12.4. The first-order valence-corrected chi connectivity index (χ1v) is 7.87. The van der Waals surface area contributed by atoms with Gasteiger partial charge in [-0.25, -0.2) is 8.42 Å². The molecule has 1 heterocycles. The van der Waals surface area contributed by atoms with E-state index in [4.69, 9.17) is 5.73 Å². The van der Waals surface area contributed by atoms with Crippen molar-refractivity contribution < 1.29 is 13.2 Å². The van der Waals surface area contributed by atoms with Crippen LogP contribution in [0.4, 0.5) is 0 Å². The summed E-state index contributed by atoms with van der Waals surface area (Å²) >= 11 is 0. The molecule has 110 valence electrons. The van der Waals surface area contributed by atoms with Gasteiger partial charge in [-0.3, -0.25) is 4.79 Å². The van der Waals surface area contributed by atoms with Crippen LogP contribution in [-0.2, 0) is 10.0 Å². The van der Waals surface area contributed by atoms with E-state index in [1.807, 2.05) is 0 Å². The molecule has 1 aromatic carbocycles. The number of rotatable bonds is 4. The Bertz CT molecular complexity index is 622. The van der Waals surface area contributed by atoms with Gasteiger partial charge >= 0.3 is 0 Å². The molecule has 1 aromatic rings. The van der Waals surface area contributed by atoms with Crippen molar-refractivity contribution in [2.75, 3.05) is 20.1 Å². The molecule has 0 spiro atoms. The summed E-state index contributed by atoms with van der Waals surface area (Å²) in [7, 11) is -2.04. The van der Waals surface area contributed by atoms with Gasteiger partial charge in [-0.05, 0) is 37.6 Å². The second-order valence-electron chi connectivity index (χ2n) is 5.01. The molecule has 0 saturated carbocycles. The molecule has 3 N–H and O–H groups in total. The first-order valence-electron chi connectivity index (χ1n) is 6.43. The number of carbonyl (C=O) groups is 1. The Morgan fingerprint density at radius 2 is 2.15 bits per heavy atom. The predicted octanol–water partition coefficient (Wildman–Crippen LogP) is 0.0763. The average Bonchev–Trinajstić information content (AvgIpc) is 2.91. The van der Waals surface area contributed by atoms with Crippen LogP contribution in [0.3, 0.4) is 0 Å². The summed E-state index contributed by atoms with van der Waals surface area (Å²) in [5.41, 5.74) is 6.18. The maximum absolute atomic E-state index is 12.6. The van der Waals surface area contributed by atoms with E-state index >= 15 is 0 Å². The van der Waals surface area contributed by atoms with Gasteiger partial charge in [0.05, 0.1) is 4.90 Å². The Hall–Kier alpha value is -1.44. The number of carbonyl (C=O) groups excluding carboxylic acids is 1. The molecule has 1 aliphatic rings. The molecule has 0 aliphatic carbocycles. The molecule has 1 atom stereocenters. The Morgan fingerprint density at radius 3 is 2.70 bits per heavy atom. The molecule has 7 heteroatoms. The van der Waals surface area contributed by atoms with Crippen molar-refractivity contribution in [3.63, 3.8) is 0 Å². The molecular weight excluding hydrogens is 278 g/mol. The standard InChI is InChI=1S/C13H19N3O3S/c1-9-3-4-11(7-12(9)13(14)17)20(18,19)16(2)10-5-6-15-8-10/h3-4,7,10,15H,5-6,8H2,1-2H3,(H2,14,17)/t10-/m1/s1. The lowest BCUT2D eigenvalue weighted by Gasteiger charge is -2.23. The quantitative estimate of drug-likeness (QED) is 0.823. The maximum Gasteiger partial charge on any atom is 0.249 e. The third-order valence-electron chi connectivity index (χ3n) is 3.70. The van der Waals surface area contributed by atoms with Crippen molar-refractivity contribution >= 4 is 15.9 Å². The van der Waals surface area contributed by atoms with Crippen LogP contribution in [0.5, 0.6) is 0 Å². The number of nitrogens with one attached hydrogen (secondary N) is 1. The van der Waals surface area contributed by atoms with E-state index in [0.717, 1.165) is 13.0 Å². The summed E-state index contributed by atoms with van der Waals surface area (Å²) in [6.45, 7) is 3.18. The van der Waals surface area contributed by atoms with Crippen molar-refractivity contribution in [3.05, 3.63) is 29.3 Å². The number of amides is 1. The smallest absolute Gasteiger partial charge is 0.249 e. The third-order valence-corrected chi connectivity index (χ3v) is 5.61. The van der Waals surface area contributed by atoms with Crippen LogP contribution in [0.2, 0.25) is 0 Å². The van der Waals surface area contributed by atoms with E-state index in [1.165, 1.54) is 16.4 Å². The lowest BCUT2D eigenvalue weighted by molar-refractivity contribution is 0.0999. The van der Waals surface area contributed by atoms with E-state index < -0.39 is 15.9 Å². The summed E-state index contributed by atoms with van der Waals surface area (Å²) in [6.07, 6.45) is 0.782. The first kappa shape index (κ1) is 15.0. The molecule has 1 saturated heterocycles. The van der Waals surface area contributed by atoms with Gasteiger partial charge in [-0.15, -0.1) is 0 Å². The largest absolute Gasteiger partial charge is 0.366 e. The summed E-state index contributed by atoms with van der Waals surface area (Å²) in [5.74, 6) is -0.621. The molecule has 1 aliphatic heterocycles. The second-order valence-corrected chi connectivity index (χ2v) is 7.01. The number of aryl methyl sites for hydroxylation is 1. The second kappa shape index (κ2) is 5.51. The molecule has 0 unspecified atom stereocenters. The topological polar surface area (TPSA) is 92.5 Å². The van der Waals surface area contributed by atoms with Crippen molar-refractivity contribution in [3.8, 4) is 0 Å². The molecule has 6 nitrogen and oxygen atoms in total. The van der Waals surface area contributed by atoms with Crippen molar-refractivity contribution in [2.24, 2.45) is 5.73 Å². The Morgan fingerprint density at radius 1 is 1.45 bits per heavy atom. The van der Waals surface area contributed by atoms with Gasteiger partial charge in [0.1, 0.15) is 0 Å². The zero-order chi connectivity index (χ0) is 14.9. The number of hydrogen-bond acceptors (Lipinski definition) is 4.